The minimum absolute atomic E-state index is 0.608. The zero-order valence-electron chi connectivity index (χ0n) is 6.77. The van der Waals surface area contributed by atoms with Crippen molar-refractivity contribution in [1.82, 2.24) is 14.3 Å². The Morgan fingerprint density at radius 2 is 2.42 bits per heavy atom. The van der Waals surface area contributed by atoms with Gasteiger partial charge in [-0.05, 0) is 19.1 Å². The molecule has 2 heterocycles. The molecule has 12 heavy (non-hydrogen) atoms. The third-order valence-corrected chi connectivity index (χ3v) is 1.63. The molecule has 2 rings (SSSR count). The Bertz CT molecular complexity index is 389. The van der Waals surface area contributed by atoms with Gasteiger partial charge in [-0.25, -0.2) is 0 Å². The second-order valence-corrected chi connectivity index (χ2v) is 2.40. The van der Waals surface area contributed by atoms with E-state index < -0.39 is 0 Å². The molecule has 0 saturated carbocycles. The van der Waals surface area contributed by atoms with Gasteiger partial charge >= 0.3 is 0 Å². The first-order chi connectivity index (χ1) is 5.83. The molecule has 0 radical (unpaired) electrons. The summed E-state index contributed by atoms with van der Waals surface area (Å²) in [7, 11) is 0. The Hall–Kier alpha value is -1.65. The van der Waals surface area contributed by atoms with Crippen molar-refractivity contribution in [3.05, 3.63) is 18.5 Å². The van der Waals surface area contributed by atoms with E-state index in [0.29, 0.717) is 12.4 Å². The number of rotatable bonds is 2. The standard InChI is InChI=1S/C7H10N4O/c1-2-12-10-5-9-11-6(8)3-4-7(10)11/h3-5H,2,8H2,1H3. The largest absolute Gasteiger partial charge is 0.411 e. The number of aromatic nitrogens is 3. The molecule has 64 valence electrons. The second kappa shape index (κ2) is 2.44. The Kier molecular flexibility index (Phi) is 1.43. The maximum atomic E-state index is 5.62. The summed E-state index contributed by atoms with van der Waals surface area (Å²) in [4.78, 5) is 5.25. The van der Waals surface area contributed by atoms with Gasteiger partial charge in [0.25, 0.3) is 0 Å². The zero-order valence-corrected chi connectivity index (χ0v) is 6.77. The van der Waals surface area contributed by atoms with E-state index in [0.717, 1.165) is 5.65 Å². The molecule has 0 amide bonds. The van der Waals surface area contributed by atoms with Gasteiger partial charge in [0.2, 0.25) is 0 Å². The van der Waals surface area contributed by atoms with Crippen LogP contribution in [0.2, 0.25) is 0 Å². The summed E-state index contributed by atoms with van der Waals surface area (Å²) in [5.74, 6) is 0.614. The van der Waals surface area contributed by atoms with E-state index in [-0.39, 0.29) is 0 Å². The number of hydrogen-bond donors (Lipinski definition) is 1. The van der Waals surface area contributed by atoms with Gasteiger partial charge in [-0.15, -0.1) is 0 Å². The molecule has 2 aromatic heterocycles. The average Bonchev–Trinajstić information content (AvgIpc) is 2.58. The maximum Gasteiger partial charge on any atom is 0.173 e. The predicted molar refractivity (Wildman–Crippen MR) is 44.7 cm³/mol. The lowest BCUT2D eigenvalue weighted by molar-refractivity contribution is 0.130. The molecule has 0 unspecified atom stereocenters. The number of fused-ring (bicyclic) bond motifs is 1. The van der Waals surface area contributed by atoms with Gasteiger partial charge in [-0.2, -0.15) is 14.3 Å². The lowest BCUT2D eigenvalue weighted by Gasteiger charge is -2.00. The number of nitrogen functional groups attached to an aromatic ring is 1. The highest BCUT2D eigenvalue weighted by molar-refractivity contribution is 5.49. The zero-order chi connectivity index (χ0) is 8.55. The minimum Gasteiger partial charge on any atom is -0.411 e. The van der Waals surface area contributed by atoms with Crippen LogP contribution < -0.4 is 10.6 Å². The molecule has 5 heteroatoms. The first-order valence-corrected chi connectivity index (χ1v) is 3.76. The smallest absolute Gasteiger partial charge is 0.173 e. The molecular formula is C7H10N4O. The fourth-order valence-electron chi connectivity index (χ4n) is 1.12. The molecule has 0 aliphatic carbocycles. The van der Waals surface area contributed by atoms with Crippen LogP contribution in [0, 0.1) is 0 Å². The highest BCUT2D eigenvalue weighted by atomic mass is 16.7. The monoisotopic (exact) mass is 166 g/mol. The molecule has 0 spiro atoms. The minimum atomic E-state index is 0.608. The van der Waals surface area contributed by atoms with Gasteiger partial charge in [-0.1, -0.05) is 0 Å². The molecule has 0 bridgehead atoms. The summed E-state index contributed by atoms with van der Waals surface area (Å²) < 4.78 is 3.21. The van der Waals surface area contributed by atoms with Gasteiger partial charge in [0.1, 0.15) is 12.4 Å². The van der Waals surface area contributed by atoms with Crippen LogP contribution in [-0.4, -0.2) is 21.0 Å². The van der Waals surface area contributed by atoms with Crippen LogP contribution in [0.1, 0.15) is 6.92 Å². The number of anilines is 1. The van der Waals surface area contributed by atoms with Gasteiger partial charge < -0.3 is 10.6 Å². The molecule has 0 aromatic carbocycles. The molecule has 2 aromatic rings. The van der Waals surface area contributed by atoms with Crippen LogP contribution in [0.4, 0.5) is 5.82 Å². The number of hydrogen-bond acceptors (Lipinski definition) is 3. The van der Waals surface area contributed by atoms with Crippen molar-refractivity contribution in [1.29, 1.82) is 0 Å². The van der Waals surface area contributed by atoms with Gasteiger partial charge in [-0.3, -0.25) is 0 Å². The van der Waals surface area contributed by atoms with Crippen LogP contribution in [0.5, 0.6) is 0 Å². The highest BCUT2D eigenvalue weighted by Crippen LogP contribution is 2.08. The first kappa shape index (κ1) is 7.02. The molecule has 2 N–H and O–H groups in total. The molecule has 0 atom stereocenters. The second-order valence-electron chi connectivity index (χ2n) is 2.40. The molecule has 0 saturated heterocycles. The quantitative estimate of drug-likeness (QED) is 0.691. The van der Waals surface area contributed by atoms with Gasteiger partial charge in [0.05, 0.1) is 0 Å². The highest BCUT2D eigenvalue weighted by Gasteiger charge is 2.04. The third kappa shape index (κ3) is 0.827. The summed E-state index contributed by atoms with van der Waals surface area (Å²) >= 11 is 0. The van der Waals surface area contributed by atoms with Crippen molar-refractivity contribution in [3.63, 3.8) is 0 Å². The van der Waals surface area contributed by atoms with E-state index in [1.165, 1.54) is 0 Å². The summed E-state index contributed by atoms with van der Waals surface area (Å²) in [5.41, 5.74) is 6.46. The van der Waals surface area contributed by atoms with Crippen LogP contribution in [0.25, 0.3) is 5.65 Å². The van der Waals surface area contributed by atoms with Crippen molar-refractivity contribution in [3.8, 4) is 0 Å². The van der Waals surface area contributed by atoms with E-state index in [9.17, 15) is 0 Å². The fraction of sp³-hybridized carbons (Fsp3) is 0.286. The Morgan fingerprint density at radius 3 is 3.17 bits per heavy atom. The number of nitrogens with two attached hydrogens (primary N) is 1. The van der Waals surface area contributed by atoms with E-state index in [2.05, 4.69) is 5.10 Å². The van der Waals surface area contributed by atoms with Crippen molar-refractivity contribution in [2.45, 2.75) is 6.92 Å². The Labute approximate surface area is 69.3 Å². The normalized spacial score (nSPS) is 10.8. The topological polar surface area (TPSA) is 57.5 Å². The molecule has 0 fully saturated rings. The number of nitrogens with zero attached hydrogens (tertiary/aromatic N) is 3. The Balaban J connectivity index is 2.55. The van der Waals surface area contributed by atoms with Crippen molar-refractivity contribution in [2.75, 3.05) is 12.3 Å². The van der Waals surface area contributed by atoms with Crippen LogP contribution in [0.15, 0.2) is 18.5 Å². The lowest BCUT2D eigenvalue weighted by Crippen LogP contribution is -2.08. The SMILES string of the molecule is CCOn1cnn2c(N)ccc12. The predicted octanol–water partition coefficient (Wildman–Crippen LogP) is 0.166. The molecule has 0 aliphatic heterocycles. The molecule has 0 aliphatic rings. The van der Waals surface area contributed by atoms with Crippen molar-refractivity contribution in [2.24, 2.45) is 0 Å². The fourth-order valence-corrected chi connectivity index (χ4v) is 1.12. The lowest BCUT2D eigenvalue weighted by atomic mass is 10.6. The van der Waals surface area contributed by atoms with E-state index in [1.807, 2.05) is 13.0 Å². The summed E-state index contributed by atoms with van der Waals surface area (Å²) in [6, 6.07) is 3.65. The van der Waals surface area contributed by atoms with Crippen LogP contribution in [-0.2, 0) is 0 Å². The van der Waals surface area contributed by atoms with Crippen LogP contribution >= 0.6 is 0 Å². The van der Waals surface area contributed by atoms with E-state index >= 15 is 0 Å². The van der Waals surface area contributed by atoms with E-state index in [1.54, 1.807) is 21.6 Å². The van der Waals surface area contributed by atoms with Gasteiger partial charge in [0.15, 0.2) is 12.0 Å². The first-order valence-electron chi connectivity index (χ1n) is 3.76. The van der Waals surface area contributed by atoms with Crippen molar-refractivity contribution < 1.29 is 4.84 Å². The molecular weight excluding hydrogens is 156 g/mol. The van der Waals surface area contributed by atoms with E-state index in [4.69, 9.17) is 10.6 Å². The van der Waals surface area contributed by atoms with Crippen LogP contribution in [0.3, 0.4) is 0 Å². The Morgan fingerprint density at radius 1 is 1.58 bits per heavy atom. The molecule has 5 nitrogen and oxygen atoms in total. The third-order valence-electron chi connectivity index (χ3n) is 1.63. The van der Waals surface area contributed by atoms with Gasteiger partial charge in [0, 0.05) is 0 Å². The average molecular weight is 166 g/mol. The summed E-state index contributed by atoms with van der Waals surface area (Å²) in [6.07, 6.45) is 1.59. The van der Waals surface area contributed by atoms with Crippen molar-refractivity contribution >= 4 is 11.5 Å². The summed E-state index contributed by atoms with van der Waals surface area (Å²) in [5, 5.41) is 4.03. The summed E-state index contributed by atoms with van der Waals surface area (Å²) in [6.45, 7) is 2.53. The maximum absolute atomic E-state index is 5.62.